The van der Waals surface area contributed by atoms with Crippen LogP contribution in [0.5, 0.6) is 0 Å². The van der Waals surface area contributed by atoms with Crippen LogP contribution >= 0.6 is 11.8 Å². The van der Waals surface area contributed by atoms with Crippen LogP contribution in [0.3, 0.4) is 0 Å². The van der Waals surface area contributed by atoms with Gasteiger partial charge in [0, 0.05) is 26.2 Å². The molecule has 1 N–H and O–H groups in total. The third-order valence-corrected chi connectivity index (χ3v) is 4.65. The largest absolute Gasteiger partial charge is 0.481 e. The van der Waals surface area contributed by atoms with Gasteiger partial charge < -0.3 is 14.7 Å². The number of likely N-dealkylation sites (N-methyl/N-ethyl adjacent to an activating group) is 1. The van der Waals surface area contributed by atoms with Gasteiger partial charge in [-0.25, -0.2) is 0 Å². The van der Waals surface area contributed by atoms with E-state index in [2.05, 4.69) is 19.7 Å². The molecule has 2 aliphatic rings. The molecule has 21 heavy (non-hydrogen) atoms. The first kappa shape index (κ1) is 14.6. The number of hydrogen-bond acceptors (Lipinski definition) is 6. The molecule has 1 saturated heterocycles. The van der Waals surface area contributed by atoms with Crippen molar-refractivity contribution in [3.05, 3.63) is 0 Å². The first-order valence-corrected chi connectivity index (χ1v) is 8.26. The molecule has 0 bridgehead atoms. The summed E-state index contributed by atoms with van der Waals surface area (Å²) in [5.74, 6) is 0.000761. The van der Waals surface area contributed by atoms with Crippen molar-refractivity contribution in [2.75, 3.05) is 30.9 Å². The van der Waals surface area contributed by atoms with Crippen LogP contribution in [0.2, 0.25) is 0 Å². The Kier molecular flexibility index (Phi) is 4.34. The zero-order valence-corrected chi connectivity index (χ0v) is 12.9. The number of aliphatic carboxylic acids is 1. The maximum absolute atomic E-state index is 10.7. The van der Waals surface area contributed by atoms with Crippen LogP contribution in [0.1, 0.15) is 31.7 Å². The van der Waals surface area contributed by atoms with E-state index in [1.54, 1.807) is 0 Å². The van der Waals surface area contributed by atoms with E-state index in [0.717, 1.165) is 44.8 Å². The summed E-state index contributed by atoms with van der Waals surface area (Å²) in [6.07, 6.45) is 4.68. The van der Waals surface area contributed by atoms with Gasteiger partial charge in [0.15, 0.2) is 5.16 Å². The number of aromatic nitrogens is 3. The van der Waals surface area contributed by atoms with Crippen molar-refractivity contribution >= 4 is 23.7 Å². The van der Waals surface area contributed by atoms with Crippen molar-refractivity contribution in [1.29, 1.82) is 0 Å². The monoisotopic (exact) mass is 312 g/mol. The Labute approximate surface area is 127 Å². The molecular weight excluding hydrogens is 292 g/mol. The van der Waals surface area contributed by atoms with Gasteiger partial charge in [-0.2, -0.15) is 0 Å². The van der Waals surface area contributed by atoms with E-state index in [-0.39, 0.29) is 11.9 Å². The summed E-state index contributed by atoms with van der Waals surface area (Å²) in [6, 6.07) is 0.415. The Balaban J connectivity index is 1.72. The molecule has 2 fully saturated rings. The average Bonchev–Trinajstić information content (AvgIpc) is 2.99. The van der Waals surface area contributed by atoms with Crippen LogP contribution in [0, 0.1) is 0 Å². The van der Waals surface area contributed by atoms with Gasteiger partial charge in [0.1, 0.15) is 0 Å². The predicted molar refractivity (Wildman–Crippen MR) is 78.9 cm³/mol. The predicted octanol–water partition coefficient (Wildman–Crippen LogP) is 1.40. The van der Waals surface area contributed by atoms with Gasteiger partial charge in [-0.3, -0.25) is 9.36 Å². The summed E-state index contributed by atoms with van der Waals surface area (Å²) < 4.78 is 7.75. The van der Waals surface area contributed by atoms with Gasteiger partial charge in [0.2, 0.25) is 5.95 Å². The fraction of sp³-hybridized carbons (Fsp3) is 0.769. The summed E-state index contributed by atoms with van der Waals surface area (Å²) in [6.45, 7) is 1.64. The Hall–Kier alpha value is -1.28. The maximum Gasteiger partial charge on any atom is 0.313 e. The number of hydrogen-bond donors (Lipinski definition) is 1. The number of thioether (sulfide) groups is 1. The van der Waals surface area contributed by atoms with E-state index in [4.69, 9.17) is 9.84 Å². The fourth-order valence-corrected chi connectivity index (χ4v) is 3.30. The van der Waals surface area contributed by atoms with Crippen LogP contribution in [0.4, 0.5) is 5.95 Å². The lowest BCUT2D eigenvalue weighted by Crippen LogP contribution is -2.30. The molecule has 1 unspecified atom stereocenters. The van der Waals surface area contributed by atoms with Crippen molar-refractivity contribution in [2.45, 2.75) is 43.0 Å². The zero-order valence-electron chi connectivity index (χ0n) is 12.1. The molecule has 0 amide bonds. The second kappa shape index (κ2) is 6.23. The molecule has 8 heteroatoms. The smallest absolute Gasteiger partial charge is 0.313 e. The normalized spacial score (nSPS) is 21.7. The number of anilines is 1. The molecule has 0 aromatic carbocycles. The quantitative estimate of drug-likeness (QED) is 0.762. The first-order valence-electron chi connectivity index (χ1n) is 7.27. The summed E-state index contributed by atoms with van der Waals surface area (Å²) in [5.41, 5.74) is 0. The number of ether oxygens (including phenoxy) is 1. The molecule has 1 aliphatic carbocycles. The lowest BCUT2D eigenvalue weighted by Gasteiger charge is -2.22. The van der Waals surface area contributed by atoms with Gasteiger partial charge >= 0.3 is 5.97 Å². The minimum absolute atomic E-state index is 0.0142. The molecule has 7 nitrogen and oxygen atoms in total. The van der Waals surface area contributed by atoms with E-state index in [1.807, 2.05) is 7.05 Å². The SMILES string of the molecule is CN(CC1CCCO1)c1nnc(SCC(=O)O)n1C1CC1. The van der Waals surface area contributed by atoms with Crippen LogP contribution in [-0.4, -0.2) is 57.9 Å². The maximum atomic E-state index is 10.7. The lowest BCUT2D eigenvalue weighted by atomic mass is 10.2. The highest BCUT2D eigenvalue weighted by Crippen LogP contribution is 2.40. The third kappa shape index (κ3) is 3.49. The number of nitrogens with zero attached hydrogens (tertiary/aromatic N) is 4. The molecule has 116 valence electrons. The van der Waals surface area contributed by atoms with Crippen molar-refractivity contribution in [2.24, 2.45) is 0 Å². The molecule has 1 aromatic heterocycles. The van der Waals surface area contributed by atoms with E-state index in [9.17, 15) is 4.79 Å². The highest BCUT2D eigenvalue weighted by atomic mass is 32.2. The molecule has 1 atom stereocenters. The standard InChI is InChI=1S/C13H20N4O3S/c1-16(7-10-3-2-6-20-10)12-14-15-13(21-8-11(18)19)17(12)9-4-5-9/h9-10H,2-8H2,1H3,(H,18,19). The van der Waals surface area contributed by atoms with Crippen LogP contribution in [-0.2, 0) is 9.53 Å². The fourth-order valence-electron chi connectivity index (χ4n) is 2.58. The lowest BCUT2D eigenvalue weighted by molar-refractivity contribution is -0.133. The van der Waals surface area contributed by atoms with Gasteiger partial charge in [-0.15, -0.1) is 10.2 Å². The average molecular weight is 312 g/mol. The summed E-state index contributed by atoms with van der Waals surface area (Å²) in [4.78, 5) is 12.8. The second-order valence-electron chi connectivity index (χ2n) is 5.58. The minimum Gasteiger partial charge on any atom is -0.481 e. The van der Waals surface area contributed by atoms with E-state index < -0.39 is 5.97 Å². The number of carboxylic acids is 1. The molecule has 1 aromatic rings. The van der Waals surface area contributed by atoms with Gasteiger partial charge in [-0.05, 0) is 25.7 Å². The van der Waals surface area contributed by atoms with Crippen molar-refractivity contribution in [1.82, 2.24) is 14.8 Å². The highest BCUT2D eigenvalue weighted by Gasteiger charge is 2.32. The highest BCUT2D eigenvalue weighted by molar-refractivity contribution is 7.99. The van der Waals surface area contributed by atoms with E-state index in [0.29, 0.717) is 11.2 Å². The minimum atomic E-state index is -0.834. The second-order valence-corrected chi connectivity index (χ2v) is 6.52. The van der Waals surface area contributed by atoms with Gasteiger partial charge in [0.25, 0.3) is 0 Å². The topological polar surface area (TPSA) is 80.5 Å². The summed E-state index contributed by atoms with van der Waals surface area (Å²) in [7, 11) is 2.00. The van der Waals surface area contributed by atoms with Crippen LogP contribution in [0.25, 0.3) is 0 Å². The Bertz CT molecular complexity index is 512. The number of carbonyl (C=O) groups is 1. The van der Waals surface area contributed by atoms with Crippen LogP contribution < -0.4 is 4.90 Å². The van der Waals surface area contributed by atoms with Crippen molar-refractivity contribution in [3.8, 4) is 0 Å². The molecule has 1 saturated carbocycles. The molecular formula is C13H20N4O3S. The Morgan fingerprint density at radius 3 is 2.90 bits per heavy atom. The number of carboxylic acid groups (broad SMARTS) is 1. The summed E-state index contributed by atoms with van der Waals surface area (Å²) >= 11 is 1.24. The molecule has 2 heterocycles. The van der Waals surface area contributed by atoms with E-state index >= 15 is 0 Å². The zero-order chi connectivity index (χ0) is 14.8. The van der Waals surface area contributed by atoms with Crippen LogP contribution in [0.15, 0.2) is 5.16 Å². The summed E-state index contributed by atoms with van der Waals surface area (Å²) in [5, 5.41) is 18.0. The number of rotatable bonds is 7. The molecule has 1 aliphatic heterocycles. The molecule has 3 rings (SSSR count). The van der Waals surface area contributed by atoms with Crippen molar-refractivity contribution in [3.63, 3.8) is 0 Å². The van der Waals surface area contributed by atoms with Crippen molar-refractivity contribution < 1.29 is 14.6 Å². The third-order valence-electron chi connectivity index (χ3n) is 3.73. The Morgan fingerprint density at radius 1 is 1.48 bits per heavy atom. The van der Waals surface area contributed by atoms with Gasteiger partial charge in [0.05, 0.1) is 11.9 Å². The van der Waals surface area contributed by atoms with Gasteiger partial charge in [-0.1, -0.05) is 11.8 Å². The molecule has 0 spiro atoms. The first-order chi connectivity index (χ1) is 10.1. The Morgan fingerprint density at radius 2 is 2.29 bits per heavy atom. The van der Waals surface area contributed by atoms with E-state index in [1.165, 1.54) is 11.8 Å². The molecule has 0 radical (unpaired) electrons.